The van der Waals surface area contributed by atoms with Crippen molar-refractivity contribution in [1.29, 1.82) is 0 Å². The van der Waals surface area contributed by atoms with Gasteiger partial charge in [0, 0.05) is 0 Å². The molecule has 1 N–H and O–H groups in total. The Morgan fingerprint density at radius 3 is 2.57 bits per heavy atom. The van der Waals surface area contributed by atoms with Gasteiger partial charge in [-0.2, -0.15) is 0 Å². The second-order valence-corrected chi connectivity index (χ2v) is 5.27. The number of fused-ring (bicyclic) bond motifs is 1. The maximum atomic E-state index is 13.8. The molecule has 0 fully saturated rings. The smallest absolute Gasteiger partial charge is 0.178 e. The molecule has 5 heteroatoms. The maximum absolute atomic E-state index is 13.8. The molecule has 0 spiro atoms. The van der Waals surface area contributed by atoms with E-state index in [9.17, 15) is 4.39 Å². The molecule has 2 aromatic carbocycles. The van der Waals surface area contributed by atoms with Gasteiger partial charge in [0.1, 0.15) is 17.1 Å². The molecular formula is C16H15FN2OS. The maximum Gasteiger partial charge on any atom is 0.178 e. The molecule has 3 rings (SSSR count). The number of imidazole rings is 1. The lowest BCUT2D eigenvalue weighted by Crippen LogP contribution is -2.06. The third-order valence-corrected chi connectivity index (χ3v) is 3.99. The molecule has 1 unspecified atom stereocenters. The van der Waals surface area contributed by atoms with Gasteiger partial charge in [0.05, 0.1) is 18.7 Å². The van der Waals surface area contributed by atoms with Crippen LogP contribution >= 0.6 is 12.2 Å². The average Bonchev–Trinajstić information content (AvgIpc) is 2.84. The van der Waals surface area contributed by atoms with E-state index >= 15 is 0 Å². The largest absolute Gasteiger partial charge is 0.497 e. The molecule has 0 amide bonds. The third kappa shape index (κ3) is 2.34. The fourth-order valence-corrected chi connectivity index (χ4v) is 2.89. The molecule has 0 bridgehead atoms. The molecule has 0 saturated heterocycles. The van der Waals surface area contributed by atoms with Crippen molar-refractivity contribution in [2.75, 3.05) is 7.11 Å². The van der Waals surface area contributed by atoms with Crippen LogP contribution in [0.25, 0.3) is 11.0 Å². The van der Waals surface area contributed by atoms with Gasteiger partial charge in [-0.15, -0.1) is 0 Å². The zero-order valence-corrected chi connectivity index (χ0v) is 12.6. The van der Waals surface area contributed by atoms with Crippen LogP contribution in [0.3, 0.4) is 0 Å². The molecule has 0 aliphatic rings. The van der Waals surface area contributed by atoms with Crippen LogP contribution in [0.2, 0.25) is 0 Å². The number of halogens is 1. The number of rotatable bonds is 3. The number of nitrogens with zero attached hydrogens (tertiary/aromatic N) is 1. The quantitative estimate of drug-likeness (QED) is 0.724. The molecule has 1 heterocycles. The Bertz CT molecular complexity index is 836. The number of benzene rings is 2. The minimum absolute atomic E-state index is 0.000967. The van der Waals surface area contributed by atoms with Gasteiger partial charge in [-0.25, -0.2) is 4.39 Å². The van der Waals surface area contributed by atoms with E-state index in [1.807, 2.05) is 41.8 Å². The van der Waals surface area contributed by atoms with Crippen molar-refractivity contribution >= 4 is 23.3 Å². The molecule has 0 saturated carbocycles. The van der Waals surface area contributed by atoms with E-state index in [0.717, 1.165) is 16.8 Å². The van der Waals surface area contributed by atoms with Crippen LogP contribution in [0, 0.1) is 10.6 Å². The first-order valence-corrected chi connectivity index (χ1v) is 7.05. The summed E-state index contributed by atoms with van der Waals surface area (Å²) in [6.07, 6.45) is 0. The summed E-state index contributed by atoms with van der Waals surface area (Å²) in [5, 5.41) is 0. The van der Waals surface area contributed by atoms with Crippen LogP contribution in [-0.2, 0) is 0 Å². The van der Waals surface area contributed by atoms with Crippen LogP contribution in [0.1, 0.15) is 18.5 Å². The van der Waals surface area contributed by atoms with Crippen LogP contribution in [0.5, 0.6) is 5.75 Å². The summed E-state index contributed by atoms with van der Waals surface area (Å²) in [6, 6.07) is 12.8. The number of hydrogen-bond acceptors (Lipinski definition) is 2. The zero-order valence-electron chi connectivity index (χ0n) is 11.8. The zero-order chi connectivity index (χ0) is 15.0. The van der Waals surface area contributed by atoms with Crippen LogP contribution < -0.4 is 4.74 Å². The predicted molar refractivity (Wildman–Crippen MR) is 83.9 cm³/mol. The van der Waals surface area contributed by atoms with Gasteiger partial charge in [0.25, 0.3) is 0 Å². The summed E-state index contributed by atoms with van der Waals surface area (Å²) in [5.74, 6) is 0.513. The minimum atomic E-state index is -0.292. The lowest BCUT2D eigenvalue weighted by Gasteiger charge is -2.15. The lowest BCUT2D eigenvalue weighted by atomic mass is 10.1. The highest BCUT2D eigenvalue weighted by molar-refractivity contribution is 7.71. The van der Waals surface area contributed by atoms with E-state index < -0.39 is 0 Å². The van der Waals surface area contributed by atoms with Crippen molar-refractivity contribution in [2.24, 2.45) is 0 Å². The summed E-state index contributed by atoms with van der Waals surface area (Å²) in [5.41, 5.74) is 2.29. The van der Waals surface area contributed by atoms with Crippen molar-refractivity contribution in [3.05, 3.63) is 58.6 Å². The predicted octanol–water partition coefficient (Wildman–Crippen LogP) is 4.46. The topological polar surface area (TPSA) is 29.9 Å². The van der Waals surface area contributed by atoms with Crippen LogP contribution in [-0.4, -0.2) is 16.7 Å². The van der Waals surface area contributed by atoms with E-state index in [2.05, 4.69) is 4.98 Å². The van der Waals surface area contributed by atoms with Crippen molar-refractivity contribution < 1.29 is 9.13 Å². The SMILES string of the molecule is COc1ccc(C(C)n2c(=S)[nH]c3c(F)cccc32)cc1. The second-order valence-electron chi connectivity index (χ2n) is 4.88. The first-order chi connectivity index (χ1) is 10.1. The molecule has 1 aromatic heterocycles. The highest BCUT2D eigenvalue weighted by Crippen LogP contribution is 2.26. The van der Waals surface area contributed by atoms with E-state index in [1.165, 1.54) is 6.07 Å². The molecular weight excluding hydrogens is 287 g/mol. The van der Waals surface area contributed by atoms with Gasteiger partial charge < -0.3 is 14.3 Å². The monoisotopic (exact) mass is 302 g/mol. The first-order valence-electron chi connectivity index (χ1n) is 6.64. The standard InChI is InChI=1S/C16H15FN2OS/c1-10(11-6-8-12(20-2)9-7-11)19-14-5-3-4-13(17)15(14)18-16(19)21/h3-10H,1-2H3,(H,18,21). The summed E-state index contributed by atoms with van der Waals surface area (Å²) in [6.45, 7) is 2.04. The number of methoxy groups -OCH3 is 1. The van der Waals surface area contributed by atoms with Gasteiger partial charge in [-0.3, -0.25) is 0 Å². The van der Waals surface area contributed by atoms with E-state index in [4.69, 9.17) is 17.0 Å². The molecule has 3 aromatic rings. The third-order valence-electron chi connectivity index (χ3n) is 3.69. The summed E-state index contributed by atoms with van der Waals surface area (Å²) in [7, 11) is 1.64. The van der Waals surface area contributed by atoms with E-state index in [0.29, 0.717) is 10.3 Å². The Labute approximate surface area is 127 Å². The second kappa shape index (κ2) is 5.33. The number of ether oxygens (including phenoxy) is 1. The number of hydrogen-bond donors (Lipinski definition) is 1. The minimum Gasteiger partial charge on any atom is -0.497 e. The Morgan fingerprint density at radius 1 is 1.19 bits per heavy atom. The Morgan fingerprint density at radius 2 is 1.90 bits per heavy atom. The van der Waals surface area contributed by atoms with Gasteiger partial charge in [-0.1, -0.05) is 18.2 Å². The van der Waals surface area contributed by atoms with Gasteiger partial charge in [0.2, 0.25) is 0 Å². The van der Waals surface area contributed by atoms with E-state index in [1.54, 1.807) is 13.2 Å². The molecule has 108 valence electrons. The highest BCUT2D eigenvalue weighted by Gasteiger charge is 2.14. The Balaban J connectivity index is 2.12. The van der Waals surface area contributed by atoms with Gasteiger partial charge in [-0.05, 0) is 49.0 Å². The van der Waals surface area contributed by atoms with Crippen molar-refractivity contribution in [3.8, 4) is 5.75 Å². The summed E-state index contributed by atoms with van der Waals surface area (Å²) >= 11 is 5.35. The molecule has 0 aliphatic carbocycles. The number of nitrogens with one attached hydrogen (secondary N) is 1. The summed E-state index contributed by atoms with van der Waals surface area (Å²) < 4.78 is 21.4. The fraction of sp³-hybridized carbons (Fsp3) is 0.188. The Hall–Kier alpha value is -2.14. The van der Waals surface area contributed by atoms with Crippen molar-refractivity contribution in [1.82, 2.24) is 9.55 Å². The normalized spacial score (nSPS) is 12.5. The fourth-order valence-electron chi connectivity index (χ4n) is 2.53. The molecule has 3 nitrogen and oxygen atoms in total. The van der Waals surface area contributed by atoms with Crippen LogP contribution in [0.4, 0.5) is 4.39 Å². The van der Waals surface area contributed by atoms with Crippen molar-refractivity contribution in [2.45, 2.75) is 13.0 Å². The molecule has 0 aliphatic heterocycles. The highest BCUT2D eigenvalue weighted by atomic mass is 32.1. The number of aromatic amines is 1. The first kappa shape index (κ1) is 13.8. The molecule has 0 radical (unpaired) electrons. The van der Waals surface area contributed by atoms with Gasteiger partial charge in [0.15, 0.2) is 4.77 Å². The lowest BCUT2D eigenvalue weighted by molar-refractivity contribution is 0.414. The molecule has 1 atom stereocenters. The Kier molecular flexibility index (Phi) is 3.51. The van der Waals surface area contributed by atoms with E-state index in [-0.39, 0.29) is 11.9 Å². The average molecular weight is 302 g/mol. The van der Waals surface area contributed by atoms with Crippen LogP contribution in [0.15, 0.2) is 42.5 Å². The number of para-hydroxylation sites is 1. The van der Waals surface area contributed by atoms with Crippen molar-refractivity contribution in [3.63, 3.8) is 0 Å². The summed E-state index contributed by atoms with van der Waals surface area (Å²) in [4.78, 5) is 2.95. The van der Waals surface area contributed by atoms with Gasteiger partial charge >= 0.3 is 0 Å². The molecule has 21 heavy (non-hydrogen) atoms. The number of aromatic nitrogens is 2. The number of H-pyrrole nitrogens is 1.